The van der Waals surface area contributed by atoms with Gasteiger partial charge in [0, 0.05) is 19.6 Å². The molecule has 0 unspecified atom stereocenters. The molecule has 1 aromatic rings. The summed E-state index contributed by atoms with van der Waals surface area (Å²) in [6.07, 6.45) is 2.26. The molecule has 0 aliphatic carbocycles. The van der Waals surface area contributed by atoms with Gasteiger partial charge in [-0.3, -0.25) is 9.48 Å². The molecule has 0 N–H and O–H groups in total. The van der Waals surface area contributed by atoms with Crippen LogP contribution in [-0.2, 0) is 6.54 Å². The van der Waals surface area contributed by atoms with Crippen LogP contribution in [0.1, 0.15) is 35.9 Å². The molecule has 0 saturated carbocycles. The zero-order chi connectivity index (χ0) is 10.8. The lowest BCUT2D eigenvalue weighted by Crippen LogP contribution is -2.29. The van der Waals surface area contributed by atoms with Gasteiger partial charge < -0.3 is 4.90 Å². The third kappa shape index (κ3) is 1.89. The highest BCUT2D eigenvalue weighted by Crippen LogP contribution is 2.13. The molecule has 1 amide bonds. The number of hydrogen-bond donors (Lipinski definition) is 0. The summed E-state index contributed by atoms with van der Waals surface area (Å²) in [4.78, 5) is 14.0. The molecule has 15 heavy (non-hydrogen) atoms. The molecule has 0 bridgehead atoms. The molecule has 1 fully saturated rings. The van der Waals surface area contributed by atoms with Gasteiger partial charge in [-0.15, -0.1) is 0 Å². The van der Waals surface area contributed by atoms with Crippen LogP contribution in [0.25, 0.3) is 0 Å². The standard InChI is InChI=1S/C11H17N3O/c1-3-14-10(8-9(2)12-14)11(15)13-6-4-5-7-13/h8H,3-7H2,1-2H3. The van der Waals surface area contributed by atoms with E-state index in [1.807, 2.05) is 24.8 Å². The first-order valence-corrected chi connectivity index (χ1v) is 5.56. The maximum Gasteiger partial charge on any atom is 0.272 e. The topological polar surface area (TPSA) is 38.1 Å². The van der Waals surface area contributed by atoms with Gasteiger partial charge >= 0.3 is 0 Å². The molecule has 4 nitrogen and oxygen atoms in total. The fraction of sp³-hybridized carbons (Fsp3) is 0.636. The van der Waals surface area contributed by atoms with Crippen LogP contribution in [0.4, 0.5) is 0 Å². The summed E-state index contributed by atoms with van der Waals surface area (Å²) in [5.41, 5.74) is 1.65. The predicted molar refractivity (Wildman–Crippen MR) is 57.8 cm³/mol. The van der Waals surface area contributed by atoms with E-state index in [2.05, 4.69) is 5.10 Å². The summed E-state index contributed by atoms with van der Waals surface area (Å²) in [7, 11) is 0. The lowest BCUT2D eigenvalue weighted by atomic mass is 10.3. The zero-order valence-corrected chi connectivity index (χ0v) is 9.36. The van der Waals surface area contributed by atoms with Crippen molar-refractivity contribution in [2.45, 2.75) is 33.2 Å². The van der Waals surface area contributed by atoms with Crippen molar-refractivity contribution in [2.24, 2.45) is 0 Å². The largest absolute Gasteiger partial charge is 0.337 e. The highest BCUT2D eigenvalue weighted by molar-refractivity contribution is 5.92. The molecule has 4 heteroatoms. The van der Waals surface area contributed by atoms with E-state index in [0.29, 0.717) is 0 Å². The van der Waals surface area contributed by atoms with Gasteiger partial charge in [0.1, 0.15) is 5.69 Å². The molecule has 1 aromatic heterocycles. The second-order valence-corrected chi connectivity index (χ2v) is 3.99. The Hall–Kier alpha value is -1.32. The summed E-state index contributed by atoms with van der Waals surface area (Å²) >= 11 is 0. The van der Waals surface area contributed by atoms with E-state index in [9.17, 15) is 4.79 Å². The van der Waals surface area contributed by atoms with Crippen LogP contribution in [0.15, 0.2) is 6.07 Å². The van der Waals surface area contributed by atoms with Crippen LogP contribution in [-0.4, -0.2) is 33.7 Å². The number of carbonyl (C=O) groups excluding carboxylic acids is 1. The number of likely N-dealkylation sites (tertiary alicyclic amines) is 1. The molecule has 0 aromatic carbocycles. The fourth-order valence-electron chi connectivity index (χ4n) is 2.04. The van der Waals surface area contributed by atoms with E-state index in [4.69, 9.17) is 0 Å². The zero-order valence-electron chi connectivity index (χ0n) is 9.36. The number of aromatic nitrogens is 2. The molecular formula is C11H17N3O. The molecule has 1 saturated heterocycles. The summed E-state index contributed by atoms with van der Waals surface area (Å²) in [6, 6.07) is 1.88. The highest BCUT2D eigenvalue weighted by Gasteiger charge is 2.22. The molecular weight excluding hydrogens is 190 g/mol. The molecule has 2 rings (SSSR count). The summed E-state index contributed by atoms with van der Waals surface area (Å²) in [5.74, 6) is 0.134. The number of aryl methyl sites for hydroxylation is 2. The van der Waals surface area contributed by atoms with Gasteiger partial charge in [-0.1, -0.05) is 0 Å². The van der Waals surface area contributed by atoms with Crippen molar-refractivity contribution in [1.82, 2.24) is 14.7 Å². The van der Waals surface area contributed by atoms with Gasteiger partial charge in [-0.2, -0.15) is 5.10 Å². The summed E-state index contributed by atoms with van der Waals surface area (Å²) in [6.45, 7) is 6.47. The average molecular weight is 207 g/mol. The monoisotopic (exact) mass is 207 g/mol. The second kappa shape index (κ2) is 4.04. The van der Waals surface area contributed by atoms with Crippen LogP contribution in [0.2, 0.25) is 0 Å². The van der Waals surface area contributed by atoms with Crippen LogP contribution in [0.3, 0.4) is 0 Å². The maximum absolute atomic E-state index is 12.1. The number of rotatable bonds is 2. The third-order valence-corrected chi connectivity index (χ3v) is 2.81. The summed E-state index contributed by atoms with van der Waals surface area (Å²) < 4.78 is 1.79. The van der Waals surface area contributed by atoms with Crippen molar-refractivity contribution in [3.63, 3.8) is 0 Å². The molecule has 0 radical (unpaired) electrons. The van der Waals surface area contributed by atoms with E-state index in [1.165, 1.54) is 0 Å². The first-order chi connectivity index (χ1) is 7.22. The Kier molecular flexibility index (Phi) is 2.75. The Labute approximate surface area is 89.9 Å². The van der Waals surface area contributed by atoms with Gasteiger partial charge in [0.2, 0.25) is 0 Å². The molecule has 0 atom stereocenters. The number of amides is 1. The summed E-state index contributed by atoms with van der Waals surface area (Å²) in [5, 5.41) is 4.29. The minimum Gasteiger partial charge on any atom is -0.337 e. The van der Waals surface area contributed by atoms with Crippen molar-refractivity contribution in [1.29, 1.82) is 0 Å². The molecule has 1 aliphatic rings. The van der Waals surface area contributed by atoms with Gasteiger partial charge in [0.05, 0.1) is 5.69 Å². The number of hydrogen-bond acceptors (Lipinski definition) is 2. The third-order valence-electron chi connectivity index (χ3n) is 2.81. The van der Waals surface area contributed by atoms with Crippen LogP contribution < -0.4 is 0 Å². The molecule has 2 heterocycles. The van der Waals surface area contributed by atoms with Crippen molar-refractivity contribution in [3.05, 3.63) is 17.5 Å². The Morgan fingerprint density at radius 1 is 1.47 bits per heavy atom. The Bertz CT molecular complexity index is 364. The Balaban J connectivity index is 2.23. The molecule has 0 spiro atoms. The normalized spacial score (nSPS) is 16.0. The average Bonchev–Trinajstić information content (AvgIpc) is 2.84. The van der Waals surface area contributed by atoms with E-state index in [0.717, 1.165) is 43.9 Å². The quantitative estimate of drug-likeness (QED) is 0.736. The van der Waals surface area contributed by atoms with Crippen molar-refractivity contribution in [3.8, 4) is 0 Å². The predicted octanol–water partition coefficient (Wildman–Crippen LogP) is 1.45. The lowest BCUT2D eigenvalue weighted by molar-refractivity contribution is 0.0780. The van der Waals surface area contributed by atoms with Crippen molar-refractivity contribution in [2.75, 3.05) is 13.1 Å². The lowest BCUT2D eigenvalue weighted by Gasteiger charge is -2.15. The van der Waals surface area contributed by atoms with Crippen molar-refractivity contribution >= 4 is 5.91 Å². The number of nitrogens with zero attached hydrogens (tertiary/aromatic N) is 3. The van der Waals surface area contributed by atoms with Crippen LogP contribution in [0, 0.1) is 6.92 Å². The van der Waals surface area contributed by atoms with Gasteiger partial charge in [-0.25, -0.2) is 0 Å². The maximum atomic E-state index is 12.1. The van der Waals surface area contributed by atoms with Crippen LogP contribution >= 0.6 is 0 Å². The van der Waals surface area contributed by atoms with E-state index < -0.39 is 0 Å². The van der Waals surface area contributed by atoms with E-state index >= 15 is 0 Å². The Morgan fingerprint density at radius 2 is 2.13 bits per heavy atom. The Morgan fingerprint density at radius 3 is 2.73 bits per heavy atom. The minimum absolute atomic E-state index is 0.134. The smallest absolute Gasteiger partial charge is 0.272 e. The SMILES string of the molecule is CCn1nc(C)cc1C(=O)N1CCCC1. The highest BCUT2D eigenvalue weighted by atomic mass is 16.2. The van der Waals surface area contributed by atoms with Crippen LogP contribution in [0.5, 0.6) is 0 Å². The van der Waals surface area contributed by atoms with Crippen molar-refractivity contribution < 1.29 is 4.79 Å². The first-order valence-electron chi connectivity index (χ1n) is 5.56. The number of carbonyl (C=O) groups is 1. The molecule has 1 aliphatic heterocycles. The van der Waals surface area contributed by atoms with Gasteiger partial charge in [0.15, 0.2) is 0 Å². The second-order valence-electron chi connectivity index (χ2n) is 3.99. The first kappa shape index (κ1) is 10.2. The van der Waals surface area contributed by atoms with E-state index in [-0.39, 0.29) is 5.91 Å². The van der Waals surface area contributed by atoms with E-state index in [1.54, 1.807) is 4.68 Å². The van der Waals surface area contributed by atoms with Gasteiger partial charge in [0.25, 0.3) is 5.91 Å². The minimum atomic E-state index is 0.134. The van der Waals surface area contributed by atoms with Gasteiger partial charge in [-0.05, 0) is 32.8 Å². The molecule has 82 valence electrons. The fourth-order valence-corrected chi connectivity index (χ4v) is 2.04.